The van der Waals surface area contributed by atoms with E-state index in [1.807, 2.05) is 63.2 Å². The van der Waals surface area contributed by atoms with E-state index in [4.69, 9.17) is 13.3 Å². The van der Waals surface area contributed by atoms with Crippen molar-refractivity contribution in [2.45, 2.75) is 33.2 Å². The molecule has 0 spiro atoms. The highest BCUT2D eigenvalue weighted by molar-refractivity contribution is 8.93. The molecular weight excluding hydrogens is 488 g/mol. The zero-order valence-electron chi connectivity index (χ0n) is 19.2. The molecule has 176 valence electrons. The zero-order chi connectivity index (χ0) is 22.5. The number of halogens is 1. The van der Waals surface area contributed by atoms with E-state index in [9.17, 15) is 4.79 Å². The first-order valence-corrected chi connectivity index (χ1v) is 12.8. The zero-order valence-corrected chi connectivity index (χ0v) is 21.9. The second-order valence-electron chi connectivity index (χ2n) is 6.81. The number of hydrogen-bond donors (Lipinski definition) is 1. The molecule has 0 atom stereocenters. The second-order valence-corrected chi connectivity index (χ2v) is 9.55. The maximum atomic E-state index is 11.5. The van der Waals surface area contributed by atoms with Crippen molar-refractivity contribution in [2.24, 2.45) is 0 Å². The first kappa shape index (κ1) is 28.1. The number of benzene rings is 2. The van der Waals surface area contributed by atoms with Gasteiger partial charge in [-0.3, -0.25) is 4.79 Å². The molecule has 8 heteroatoms. The molecule has 32 heavy (non-hydrogen) atoms. The SMILES string of the molecule is Br.C=CC(=O)Nc1ccc(N(CCC[Si](OCC)(OCC)OCC)c2ccccc2)cc1. The molecule has 0 aliphatic heterocycles. The van der Waals surface area contributed by atoms with Crippen LogP contribution in [0, 0.1) is 0 Å². The fourth-order valence-corrected chi connectivity index (χ4v) is 5.98. The number of anilines is 3. The van der Waals surface area contributed by atoms with Crippen LogP contribution in [0.2, 0.25) is 6.04 Å². The van der Waals surface area contributed by atoms with Crippen LogP contribution in [0.25, 0.3) is 0 Å². The molecule has 0 unspecified atom stereocenters. The molecule has 0 saturated carbocycles. The van der Waals surface area contributed by atoms with Gasteiger partial charge in [0.05, 0.1) is 0 Å². The normalized spacial score (nSPS) is 10.8. The molecule has 6 nitrogen and oxygen atoms in total. The number of nitrogens with zero attached hydrogens (tertiary/aromatic N) is 1. The van der Waals surface area contributed by atoms with Gasteiger partial charge in [0.15, 0.2) is 0 Å². The van der Waals surface area contributed by atoms with E-state index in [2.05, 4.69) is 28.9 Å². The highest BCUT2D eigenvalue weighted by Gasteiger charge is 2.39. The summed E-state index contributed by atoms with van der Waals surface area (Å²) in [4.78, 5) is 13.8. The summed E-state index contributed by atoms with van der Waals surface area (Å²) >= 11 is 0. The maximum absolute atomic E-state index is 11.5. The molecule has 0 saturated heterocycles. The quantitative estimate of drug-likeness (QED) is 0.244. The van der Waals surface area contributed by atoms with Crippen molar-refractivity contribution in [3.8, 4) is 0 Å². The van der Waals surface area contributed by atoms with Crippen LogP contribution in [0.4, 0.5) is 17.1 Å². The molecule has 1 N–H and O–H groups in total. The summed E-state index contributed by atoms with van der Waals surface area (Å²) in [6.07, 6.45) is 2.12. The van der Waals surface area contributed by atoms with Crippen molar-refractivity contribution in [1.82, 2.24) is 0 Å². The molecule has 0 aliphatic rings. The molecule has 2 aromatic carbocycles. The predicted octanol–water partition coefficient (Wildman–Crippen LogP) is 5.97. The summed E-state index contributed by atoms with van der Waals surface area (Å²) < 4.78 is 18.0. The Morgan fingerprint density at radius 1 is 0.938 bits per heavy atom. The van der Waals surface area contributed by atoms with Crippen LogP contribution in [0.5, 0.6) is 0 Å². The summed E-state index contributed by atoms with van der Waals surface area (Å²) in [6.45, 7) is 11.9. The van der Waals surface area contributed by atoms with Crippen LogP contribution in [-0.2, 0) is 18.1 Å². The van der Waals surface area contributed by atoms with Gasteiger partial charge in [0.25, 0.3) is 0 Å². The predicted molar refractivity (Wildman–Crippen MR) is 139 cm³/mol. The van der Waals surface area contributed by atoms with E-state index in [-0.39, 0.29) is 22.9 Å². The Bertz CT molecular complexity index is 788. The highest BCUT2D eigenvalue weighted by atomic mass is 79.9. The van der Waals surface area contributed by atoms with Crippen LogP contribution in [-0.4, -0.2) is 41.1 Å². The molecule has 0 heterocycles. The molecule has 0 fully saturated rings. The minimum atomic E-state index is -2.68. The lowest BCUT2D eigenvalue weighted by molar-refractivity contribution is -0.111. The largest absolute Gasteiger partial charge is 0.500 e. The van der Waals surface area contributed by atoms with Gasteiger partial charge >= 0.3 is 8.80 Å². The molecular formula is C24H35BrN2O4Si. The second kappa shape index (κ2) is 15.0. The van der Waals surface area contributed by atoms with E-state index >= 15 is 0 Å². The topological polar surface area (TPSA) is 60.0 Å². The fourth-order valence-electron chi connectivity index (χ4n) is 3.39. The lowest BCUT2D eigenvalue weighted by Gasteiger charge is -2.30. The molecule has 1 amide bonds. The van der Waals surface area contributed by atoms with Gasteiger partial charge in [0, 0.05) is 49.5 Å². The lowest BCUT2D eigenvalue weighted by atomic mass is 10.2. The average molecular weight is 524 g/mol. The van der Waals surface area contributed by atoms with Crippen LogP contribution in [0.1, 0.15) is 27.2 Å². The smallest absolute Gasteiger partial charge is 0.374 e. The van der Waals surface area contributed by atoms with Gasteiger partial charge in [0.1, 0.15) is 0 Å². The first-order valence-electron chi connectivity index (χ1n) is 10.8. The van der Waals surface area contributed by atoms with E-state index in [0.29, 0.717) is 19.8 Å². The van der Waals surface area contributed by atoms with Crippen molar-refractivity contribution in [3.05, 3.63) is 67.3 Å². The maximum Gasteiger partial charge on any atom is 0.500 e. The van der Waals surface area contributed by atoms with Gasteiger partial charge < -0.3 is 23.5 Å². The van der Waals surface area contributed by atoms with Gasteiger partial charge in [-0.1, -0.05) is 24.8 Å². The number of para-hydroxylation sites is 1. The van der Waals surface area contributed by atoms with E-state index in [1.54, 1.807) is 0 Å². The number of rotatable bonds is 14. The van der Waals surface area contributed by atoms with Crippen LogP contribution >= 0.6 is 17.0 Å². The Kier molecular flexibility index (Phi) is 13.1. The van der Waals surface area contributed by atoms with Gasteiger partial charge in [-0.2, -0.15) is 0 Å². The number of carbonyl (C=O) groups excluding carboxylic acids is 1. The standard InChI is InChI=1S/C24H34N2O4Si.BrH/c1-5-24(27)25-21-15-17-23(18-16-21)26(22-13-10-9-11-14-22)19-12-20-31(28-6-2,29-7-3)30-8-4;/h5,9-11,13-18H,1,6-8,12,19-20H2,2-4H3,(H,25,27);1H. The van der Waals surface area contributed by atoms with E-state index in [1.165, 1.54) is 6.08 Å². The first-order chi connectivity index (χ1) is 15.1. The van der Waals surface area contributed by atoms with Crippen molar-refractivity contribution < 1.29 is 18.1 Å². The van der Waals surface area contributed by atoms with Gasteiger partial charge in [0.2, 0.25) is 5.91 Å². The molecule has 0 bridgehead atoms. The third-order valence-electron chi connectivity index (χ3n) is 4.66. The van der Waals surface area contributed by atoms with Crippen LogP contribution < -0.4 is 10.2 Å². The minimum Gasteiger partial charge on any atom is -0.374 e. The summed E-state index contributed by atoms with van der Waals surface area (Å²) in [6, 6.07) is 18.8. The van der Waals surface area contributed by atoms with E-state index < -0.39 is 8.80 Å². The summed E-state index contributed by atoms with van der Waals surface area (Å²) in [5, 5.41) is 2.78. The minimum absolute atomic E-state index is 0. The summed E-state index contributed by atoms with van der Waals surface area (Å²) in [7, 11) is -2.68. The molecule has 0 radical (unpaired) electrons. The lowest BCUT2D eigenvalue weighted by Crippen LogP contribution is -2.46. The van der Waals surface area contributed by atoms with Crippen molar-refractivity contribution in [1.29, 1.82) is 0 Å². The van der Waals surface area contributed by atoms with Crippen molar-refractivity contribution in [2.75, 3.05) is 36.6 Å². The molecule has 2 rings (SSSR count). The van der Waals surface area contributed by atoms with Gasteiger partial charge in [-0.15, -0.1) is 17.0 Å². The fraction of sp³-hybridized carbons (Fsp3) is 0.375. The third-order valence-corrected chi connectivity index (χ3v) is 7.81. The van der Waals surface area contributed by atoms with Crippen molar-refractivity contribution in [3.63, 3.8) is 0 Å². The number of hydrogen-bond acceptors (Lipinski definition) is 5. The monoisotopic (exact) mass is 522 g/mol. The average Bonchev–Trinajstić information content (AvgIpc) is 2.78. The highest BCUT2D eigenvalue weighted by Crippen LogP contribution is 2.28. The number of amides is 1. The van der Waals surface area contributed by atoms with E-state index in [0.717, 1.165) is 36.1 Å². The number of nitrogens with one attached hydrogen (secondary N) is 1. The van der Waals surface area contributed by atoms with Gasteiger partial charge in [-0.25, -0.2) is 0 Å². The molecule has 2 aromatic rings. The Morgan fingerprint density at radius 2 is 1.47 bits per heavy atom. The van der Waals surface area contributed by atoms with Crippen molar-refractivity contribution >= 4 is 48.8 Å². The Balaban J connectivity index is 0.00000512. The van der Waals surface area contributed by atoms with Gasteiger partial charge in [-0.05, 0) is 69.7 Å². The number of carbonyl (C=O) groups is 1. The Labute approximate surface area is 203 Å². The summed E-state index contributed by atoms with van der Waals surface area (Å²) in [5.41, 5.74) is 2.87. The third kappa shape index (κ3) is 8.52. The van der Waals surface area contributed by atoms with Crippen LogP contribution in [0.15, 0.2) is 67.3 Å². The molecule has 0 aromatic heterocycles. The Morgan fingerprint density at radius 3 is 1.97 bits per heavy atom. The molecule has 0 aliphatic carbocycles. The Hall–Kier alpha value is -1.97. The van der Waals surface area contributed by atoms with Crippen LogP contribution in [0.3, 0.4) is 0 Å². The summed E-state index contributed by atoms with van der Waals surface area (Å²) in [5.74, 6) is -0.225.